The monoisotopic (exact) mass is 333 g/mol. The van der Waals surface area contributed by atoms with Gasteiger partial charge >= 0.3 is 0 Å². The van der Waals surface area contributed by atoms with E-state index in [1.165, 1.54) is 0 Å². The molecule has 0 heterocycles. The molecule has 0 aromatic heterocycles. The van der Waals surface area contributed by atoms with E-state index in [0.29, 0.717) is 29.2 Å². The Morgan fingerprint density at radius 2 is 1.50 bits per heavy atom. The van der Waals surface area contributed by atoms with Crippen LogP contribution in [-0.4, -0.2) is 32.5 Å². The van der Waals surface area contributed by atoms with E-state index in [0.717, 1.165) is 0 Å². The summed E-state index contributed by atoms with van der Waals surface area (Å²) in [6.45, 7) is 6.15. The molecule has 2 atom stereocenters. The van der Waals surface area contributed by atoms with Crippen LogP contribution in [0.1, 0.15) is 38.9 Å². The van der Waals surface area contributed by atoms with Gasteiger partial charge in [0.2, 0.25) is 0 Å². The summed E-state index contributed by atoms with van der Waals surface area (Å²) < 4.78 is 15.9. The summed E-state index contributed by atoms with van der Waals surface area (Å²) in [6, 6.07) is 3.30. The van der Waals surface area contributed by atoms with Gasteiger partial charge in [0.05, 0.1) is 33.0 Å². The van der Waals surface area contributed by atoms with E-state index in [4.69, 9.17) is 19.9 Å². The van der Waals surface area contributed by atoms with Gasteiger partial charge in [0, 0.05) is 18.2 Å². The highest BCUT2D eigenvalue weighted by Crippen LogP contribution is 2.40. The van der Waals surface area contributed by atoms with Crippen molar-refractivity contribution in [3.05, 3.63) is 17.7 Å². The maximum Gasteiger partial charge on any atom is 0.132 e. The molecule has 128 valence electrons. The van der Waals surface area contributed by atoms with Gasteiger partial charge in [0.15, 0.2) is 0 Å². The number of methoxy groups -OCH3 is 3. The number of hydrogen-bond donors (Lipinski definition) is 2. The van der Waals surface area contributed by atoms with Crippen LogP contribution in [0.2, 0.25) is 0 Å². The summed E-state index contributed by atoms with van der Waals surface area (Å²) in [5.74, 6) is 1.67. The summed E-state index contributed by atoms with van der Waals surface area (Å²) in [7, 11) is 4.67. The van der Waals surface area contributed by atoms with Crippen molar-refractivity contribution in [1.82, 2.24) is 0 Å². The molecule has 0 spiro atoms. The number of ether oxygens (including phenoxy) is 3. The fourth-order valence-corrected chi connectivity index (χ4v) is 2.07. The number of rotatable bonds is 6. The Kier molecular flexibility index (Phi) is 8.01. The first-order valence-corrected chi connectivity index (χ1v) is 6.98. The normalized spacial score (nSPS) is 13.8. The van der Waals surface area contributed by atoms with E-state index in [1.54, 1.807) is 33.5 Å². The van der Waals surface area contributed by atoms with Gasteiger partial charge < -0.3 is 25.1 Å². The maximum atomic E-state index is 10.6. The van der Waals surface area contributed by atoms with Crippen LogP contribution in [0, 0.1) is 5.41 Å². The number of benzene rings is 1. The molecule has 0 fully saturated rings. The highest BCUT2D eigenvalue weighted by atomic mass is 35.5. The quantitative estimate of drug-likeness (QED) is 0.837. The van der Waals surface area contributed by atoms with Crippen molar-refractivity contribution >= 4 is 12.4 Å². The third-order valence-electron chi connectivity index (χ3n) is 3.68. The van der Waals surface area contributed by atoms with Crippen LogP contribution in [0.4, 0.5) is 0 Å². The van der Waals surface area contributed by atoms with Gasteiger partial charge in [0.25, 0.3) is 0 Å². The molecule has 6 heteroatoms. The molecule has 0 saturated heterocycles. The van der Waals surface area contributed by atoms with Gasteiger partial charge in [0.1, 0.15) is 17.2 Å². The first kappa shape index (κ1) is 20.8. The van der Waals surface area contributed by atoms with Gasteiger partial charge in [-0.05, 0) is 11.8 Å². The van der Waals surface area contributed by atoms with Crippen LogP contribution in [-0.2, 0) is 0 Å². The Bertz CT molecular complexity index is 449. The molecule has 0 aliphatic heterocycles. The van der Waals surface area contributed by atoms with E-state index < -0.39 is 6.10 Å². The minimum absolute atomic E-state index is 0. The molecule has 0 unspecified atom stereocenters. The molecule has 22 heavy (non-hydrogen) atoms. The van der Waals surface area contributed by atoms with Gasteiger partial charge in [-0.1, -0.05) is 20.8 Å². The van der Waals surface area contributed by atoms with Gasteiger partial charge in [-0.15, -0.1) is 12.4 Å². The number of nitrogens with two attached hydrogens (primary N) is 1. The molecule has 0 radical (unpaired) electrons. The number of hydrogen-bond acceptors (Lipinski definition) is 5. The van der Waals surface area contributed by atoms with Crippen LogP contribution >= 0.6 is 12.4 Å². The average Bonchev–Trinajstić information content (AvgIpc) is 2.44. The molecule has 0 amide bonds. The Morgan fingerprint density at radius 1 is 1.05 bits per heavy atom. The zero-order chi connectivity index (χ0) is 16.2. The van der Waals surface area contributed by atoms with Crippen molar-refractivity contribution in [2.75, 3.05) is 21.3 Å². The van der Waals surface area contributed by atoms with Crippen LogP contribution in [0.25, 0.3) is 0 Å². The predicted octanol–water partition coefficient (Wildman–Crippen LogP) is 2.93. The number of aliphatic hydroxyl groups is 1. The summed E-state index contributed by atoms with van der Waals surface area (Å²) in [5.41, 5.74) is 6.67. The molecule has 0 saturated carbocycles. The Balaban J connectivity index is 0.00000441. The van der Waals surface area contributed by atoms with Crippen LogP contribution in [0.15, 0.2) is 12.1 Å². The van der Waals surface area contributed by atoms with Crippen LogP contribution in [0.3, 0.4) is 0 Å². The third kappa shape index (κ3) is 4.93. The number of aliphatic hydroxyl groups excluding tert-OH is 1. The topological polar surface area (TPSA) is 73.9 Å². The zero-order valence-corrected chi connectivity index (χ0v) is 15.0. The van der Waals surface area contributed by atoms with Crippen molar-refractivity contribution in [3.63, 3.8) is 0 Å². The maximum absolute atomic E-state index is 10.6. The Morgan fingerprint density at radius 3 is 1.82 bits per heavy atom. The van der Waals surface area contributed by atoms with Crippen molar-refractivity contribution < 1.29 is 19.3 Å². The Labute approximate surface area is 139 Å². The average molecular weight is 334 g/mol. The first-order valence-electron chi connectivity index (χ1n) is 6.98. The molecule has 1 aromatic rings. The fraction of sp³-hybridized carbons (Fsp3) is 0.625. The minimum Gasteiger partial charge on any atom is -0.496 e. The van der Waals surface area contributed by atoms with E-state index in [-0.39, 0.29) is 23.9 Å². The second-order valence-electron chi connectivity index (χ2n) is 6.17. The van der Waals surface area contributed by atoms with Gasteiger partial charge in [-0.3, -0.25) is 0 Å². The fourth-order valence-electron chi connectivity index (χ4n) is 2.07. The SMILES string of the molecule is COc1cc(OC)c([C@H](O)C[C@H](N)C(C)(C)C)c(OC)c1.Cl. The number of halogens is 1. The second-order valence-corrected chi connectivity index (χ2v) is 6.17. The van der Waals surface area contributed by atoms with E-state index in [2.05, 4.69) is 0 Å². The second kappa shape index (κ2) is 8.46. The largest absolute Gasteiger partial charge is 0.496 e. The molecule has 3 N–H and O–H groups in total. The smallest absolute Gasteiger partial charge is 0.132 e. The summed E-state index contributed by atoms with van der Waals surface area (Å²) in [6.07, 6.45) is -0.349. The third-order valence-corrected chi connectivity index (χ3v) is 3.68. The summed E-state index contributed by atoms with van der Waals surface area (Å²) in [4.78, 5) is 0. The van der Waals surface area contributed by atoms with E-state index in [9.17, 15) is 5.11 Å². The molecular weight excluding hydrogens is 306 g/mol. The van der Waals surface area contributed by atoms with E-state index >= 15 is 0 Å². The molecule has 0 aliphatic rings. The molecule has 0 aliphatic carbocycles. The van der Waals surface area contributed by atoms with Gasteiger partial charge in [-0.25, -0.2) is 0 Å². The standard InChI is InChI=1S/C16H27NO4.ClH/c1-16(2,3)14(17)9-11(18)15-12(20-5)7-10(19-4)8-13(15)21-6;/h7-8,11,14,18H,9,17H2,1-6H3;1H/t11-,14+;/m1./s1. The van der Waals surface area contributed by atoms with E-state index in [1.807, 2.05) is 20.8 Å². The summed E-state index contributed by atoms with van der Waals surface area (Å²) >= 11 is 0. The highest BCUT2D eigenvalue weighted by molar-refractivity contribution is 5.85. The van der Waals surface area contributed by atoms with Crippen molar-refractivity contribution in [2.24, 2.45) is 11.1 Å². The molecule has 5 nitrogen and oxygen atoms in total. The molecule has 0 bridgehead atoms. The molecular formula is C16H28ClNO4. The molecule has 1 aromatic carbocycles. The van der Waals surface area contributed by atoms with Crippen molar-refractivity contribution in [3.8, 4) is 17.2 Å². The lowest BCUT2D eigenvalue weighted by atomic mass is 9.83. The molecule has 1 rings (SSSR count). The Hall–Kier alpha value is -1.17. The lowest BCUT2D eigenvalue weighted by molar-refractivity contribution is 0.127. The lowest BCUT2D eigenvalue weighted by Crippen LogP contribution is -2.36. The minimum atomic E-state index is -0.768. The zero-order valence-electron chi connectivity index (χ0n) is 14.2. The first-order chi connectivity index (χ1) is 9.74. The van der Waals surface area contributed by atoms with Crippen LogP contribution < -0.4 is 19.9 Å². The van der Waals surface area contributed by atoms with Crippen molar-refractivity contribution in [2.45, 2.75) is 39.3 Å². The predicted molar refractivity (Wildman–Crippen MR) is 90.4 cm³/mol. The highest BCUT2D eigenvalue weighted by Gasteiger charge is 2.27. The lowest BCUT2D eigenvalue weighted by Gasteiger charge is -2.29. The van der Waals surface area contributed by atoms with Crippen molar-refractivity contribution in [1.29, 1.82) is 0 Å². The summed E-state index contributed by atoms with van der Waals surface area (Å²) in [5, 5.41) is 10.6. The van der Waals surface area contributed by atoms with Gasteiger partial charge in [-0.2, -0.15) is 0 Å². The van der Waals surface area contributed by atoms with Crippen LogP contribution in [0.5, 0.6) is 17.2 Å².